The van der Waals surface area contributed by atoms with E-state index in [0.717, 1.165) is 12.0 Å². The molecule has 70 valence electrons. The molecule has 1 aliphatic rings. The first-order chi connectivity index (χ1) is 5.79. The van der Waals surface area contributed by atoms with Gasteiger partial charge in [-0.2, -0.15) is 22.2 Å². The highest BCUT2D eigenvalue weighted by Crippen LogP contribution is 2.24. The van der Waals surface area contributed by atoms with Gasteiger partial charge in [0.25, 0.3) is 0 Å². The van der Waals surface area contributed by atoms with Crippen LogP contribution in [0.5, 0.6) is 0 Å². The Hall–Kier alpha value is 0.537. The van der Waals surface area contributed by atoms with Crippen molar-refractivity contribution in [2.45, 2.75) is 38.1 Å². The molecule has 1 unspecified atom stereocenters. The SMILES string of the molecule is Cl[SiH](Cl)CCCC1CC=CCC1. The van der Waals surface area contributed by atoms with Gasteiger partial charge in [-0.1, -0.05) is 25.0 Å². The predicted molar refractivity (Wildman–Crippen MR) is 59.4 cm³/mol. The zero-order valence-corrected chi connectivity index (χ0v) is 9.97. The van der Waals surface area contributed by atoms with Crippen LogP contribution in [0.25, 0.3) is 0 Å². The molecule has 0 saturated heterocycles. The normalized spacial score (nSPS) is 23.4. The van der Waals surface area contributed by atoms with Gasteiger partial charge in [0.15, 0.2) is 0 Å². The van der Waals surface area contributed by atoms with Gasteiger partial charge in [-0.25, -0.2) is 0 Å². The van der Waals surface area contributed by atoms with E-state index in [1.165, 1.54) is 32.1 Å². The Labute approximate surface area is 86.0 Å². The summed E-state index contributed by atoms with van der Waals surface area (Å²) < 4.78 is 0. The zero-order valence-electron chi connectivity index (χ0n) is 7.31. The average Bonchev–Trinajstić information content (AvgIpc) is 2.05. The second kappa shape index (κ2) is 6.06. The quantitative estimate of drug-likeness (QED) is 0.386. The molecule has 0 amide bonds. The van der Waals surface area contributed by atoms with Gasteiger partial charge in [0.2, 0.25) is 7.42 Å². The Kier molecular flexibility index (Phi) is 5.36. The Morgan fingerprint density at radius 1 is 1.33 bits per heavy atom. The van der Waals surface area contributed by atoms with Crippen molar-refractivity contribution in [3.8, 4) is 0 Å². The molecule has 0 fully saturated rings. The first kappa shape index (κ1) is 10.6. The first-order valence-corrected chi connectivity index (χ1v) is 9.03. The number of hydrogen-bond acceptors (Lipinski definition) is 0. The summed E-state index contributed by atoms with van der Waals surface area (Å²) in [6.45, 7) is 0. The van der Waals surface area contributed by atoms with Gasteiger partial charge >= 0.3 is 0 Å². The summed E-state index contributed by atoms with van der Waals surface area (Å²) in [6, 6.07) is 1.09. The summed E-state index contributed by atoms with van der Waals surface area (Å²) in [7, 11) is -1.32. The van der Waals surface area contributed by atoms with Gasteiger partial charge in [0, 0.05) is 0 Å². The maximum atomic E-state index is 5.79. The van der Waals surface area contributed by atoms with Crippen molar-refractivity contribution in [3.05, 3.63) is 12.2 Å². The summed E-state index contributed by atoms with van der Waals surface area (Å²) in [5.41, 5.74) is 0. The van der Waals surface area contributed by atoms with Crippen molar-refractivity contribution in [3.63, 3.8) is 0 Å². The lowest BCUT2D eigenvalue weighted by molar-refractivity contribution is 0.440. The van der Waals surface area contributed by atoms with Gasteiger partial charge in [-0.15, -0.1) is 0 Å². The highest BCUT2D eigenvalue weighted by molar-refractivity contribution is 7.33. The van der Waals surface area contributed by atoms with Crippen LogP contribution in [-0.2, 0) is 0 Å². The minimum absolute atomic E-state index is 0.913. The molecule has 0 spiro atoms. The standard InChI is InChI=1S/C9H16Cl2Si/c10-12(11)8-4-7-9-5-2-1-3-6-9/h1-2,9,12H,3-8H2. The summed E-state index contributed by atoms with van der Waals surface area (Å²) in [4.78, 5) is 0. The molecular weight excluding hydrogens is 207 g/mol. The fraction of sp³-hybridized carbons (Fsp3) is 0.778. The van der Waals surface area contributed by atoms with Crippen molar-refractivity contribution in [2.75, 3.05) is 0 Å². The smallest absolute Gasteiger partial charge is 0.150 e. The van der Waals surface area contributed by atoms with E-state index in [4.69, 9.17) is 22.2 Å². The third-order valence-corrected chi connectivity index (χ3v) is 4.57. The van der Waals surface area contributed by atoms with Crippen LogP contribution in [0.4, 0.5) is 0 Å². The third-order valence-electron chi connectivity index (χ3n) is 2.41. The number of hydrogen-bond donors (Lipinski definition) is 0. The van der Waals surface area contributed by atoms with E-state index < -0.39 is 7.42 Å². The number of halogens is 2. The molecule has 3 heteroatoms. The van der Waals surface area contributed by atoms with E-state index in [0.29, 0.717) is 0 Å². The molecular formula is C9H16Cl2Si. The number of allylic oxidation sites excluding steroid dienone is 2. The summed E-state index contributed by atoms with van der Waals surface area (Å²) >= 11 is 11.6. The topological polar surface area (TPSA) is 0 Å². The van der Waals surface area contributed by atoms with E-state index in [9.17, 15) is 0 Å². The van der Waals surface area contributed by atoms with Gasteiger partial charge < -0.3 is 0 Å². The predicted octanol–water partition coefficient (Wildman–Crippen LogP) is 3.82. The largest absolute Gasteiger partial charge is 0.237 e. The fourth-order valence-electron chi connectivity index (χ4n) is 1.68. The van der Waals surface area contributed by atoms with Crippen LogP contribution in [-0.4, -0.2) is 7.42 Å². The van der Waals surface area contributed by atoms with Crippen LogP contribution in [0.15, 0.2) is 12.2 Å². The van der Waals surface area contributed by atoms with E-state index >= 15 is 0 Å². The van der Waals surface area contributed by atoms with Gasteiger partial charge in [0.1, 0.15) is 0 Å². The summed E-state index contributed by atoms with van der Waals surface area (Å²) in [5, 5.41) is 0. The van der Waals surface area contributed by atoms with Gasteiger partial charge in [-0.3, -0.25) is 0 Å². The summed E-state index contributed by atoms with van der Waals surface area (Å²) in [6.07, 6.45) is 11.1. The molecule has 12 heavy (non-hydrogen) atoms. The molecule has 0 aromatic heterocycles. The average molecular weight is 223 g/mol. The minimum atomic E-state index is -1.32. The van der Waals surface area contributed by atoms with Crippen LogP contribution in [0.2, 0.25) is 6.04 Å². The molecule has 1 atom stereocenters. The lowest BCUT2D eigenvalue weighted by Crippen LogP contribution is -2.03. The number of rotatable bonds is 4. The van der Waals surface area contributed by atoms with E-state index in [1.54, 1.807) is 0 Å². The summed E-state index contributed by atoms with van der Waals surface area (Å²) in [5.74, 6) is 0.913. The van der Waals surface area contributed by atoms with Crippen molar-refractivity contribution < 1.29 is 0 Å². The molecule has 1 rings (SSSR count). The van der Waals surface area contributed by atoms with Crippen LogP contribution < -0.4 is 0 Å². The van der Waals surface area contributed by atoms with Crippen LogP contribution >= 0.6 is 22.2 Å². The monoisotopic (exact) mass is 222 g/mol. The van der Waals surface area contributed by atoms with Crippen molar-refractivity contribution in [1.29, 1.82) is 0 Å². The van der Waals surface area contributed by atoms with Gasteiger partial charge in [0.05, 0.1) is 0 Å². The molecule has 0 aromatic carbocycles. The Morgan fingerprint density at radius 3 is 2.75 bits per heavy atom. The third kappa shape index (κ3) is 4.54. The van der Waals surface area contributed by atoms with E-state index in [-0.39, 0.29) is 0 Å². The van der Waals surface area contributed by atoms with Crippen LogP contribution in [0.1, 0.15) is 32.1 Å². The fourth-order valence-corrected chi connectivity index (χ4v) is 3.15. The molecule has 0 heterocycles. The molecule has 0 nitrogen and oxygen atoms in total. The molecule has 0 aromatic rings. The van der Waals surface area contributed by atoms with E-state index in [2.05, 4.69) is 12.2 Å². The highest BCUT2D eigenvalue weighted by Gasteiger charge is 2.10. The second-order valence-corrected chi connectivity index (χ2v) is 8.66. The maximum absolute atomic E-state index is 5.79. The van der Waals surface area contributed by atoms with Crippen molar-refractivity contribution in [1.82, 2.24) is 0 Å². The molecule has 0 radical (unpaired) electrons. The Balaban J connectivity index is 2.03. The molecule has 0 saturated carbocycles. The van der Waals surface area contributed by atoms with Gasteiger partial charge in [-0.05, 0) is 31.2 Å². The van der Waals surface area contributed by atoms with Crippen molar-refractivity contribution >= 4 is 29.6 Å². The minimum Gasteiger partial charge on any atom is -0.150 e. The van der Waals surface area contributed by atoms with E-state index in [1.807, 2.05) is 0 Å². The Bertz CT molecular complexity index is 145. The highest BCUT2D eigenvalue weighted by atomic mass is 35.7. The lowest BCUT2D eigenvalue weighted by atomic mass is 9.91. The Morgan fingerprint density at radius 2 is 2.17 bits per heavy atom. The molecule has 0 N–H and O–H groups in total. The maximum Gasteiger partial charge on any atom is 0.237 e. The van der Waals surface area contributed by atoms with Crippen LogP contribution in [0.3, 0.4) is 0 Å². The second-order valence-electron chi connectivity index (χ2n) is 3.47. The first-order valence-electron chi connectivity index (χ1n) is 4.72. The molecule has 0 aliphatic heterocycles. The lowest BCUT2D eigenvalue weighted by Gasteiger charge is -2.16. The van der Waals surface area contributed by atoms with Crippen molar-refractivity contribution in [2.24, 2.45) is 5.92 Å². The zero-order chi connectivity index (χ0) is 8.81. The molecule has 0 bridgehead atoms. The van der Waals surface area contributed by atoms with Crippen LogP contribution in [0, 0.1) is 5.92 Å². The molecule has 1 aliphatic carbocycles.